The minimum absolute atomic E-state index is 0.198. The molecule has 0 spiro atoms. The number of carbonyl (C=O) groups excluding carboxylic acids is 5. The Balaban J connectivity index is 2.24. The predicted octanol–water partition coefficient (Wildman–Crippen LogP) is 3.21. The summed E-state index contributed by atoms with van der Waals surface area (Å²) in [6.45, 7) is 2.50. The maximum Gasteiger partial charge on any atom is 0.324 e. The molecule has 194 valence electrons. The van der Waals surface area contributed by atoms with Gasteiger partial charge in [-0.1, -0.05) is 24.3 Å². The highest BCUT2D eigenvalue weighted by atomic mass is 16.6. The molecule has 0 atom stereocenters. The summed E-state index contributed by atoms with van der Waals surface area (Å²) in [6.07, 6.45) is 4.91. The lowest BCUT2D eigenvalue weighted by molar-refractivity contribution is -0.151. The summed E-state index contributed by atoms with van der Waals surface area (Å²) in [5, 5.41) is 0. The van der Waals surface area contributed by atoms with Crippen LogP contribution in [0, 0.1) is 5.92 Å². The number of ether oxygens (including phenoxy) is 5. The van der Waals surface area contributed by atoms with Crippen molar-refractivity contribution >= 4 is 41.6 Å². The Morgan fingerprint density at radius 3 is 1.38 bits per heavy atom. The summed E-state index contributed by atoms with van der Waals surface area (Å²) in [5.41, 5.74) is 0.986. The number of esters is 3. The Morgan fingerprint density at radius 1 is 0.649 bits per heavy atom. The number of carbonyl (C=O) groups is 5. The maximum atomic E-state index is 12.8. The van der Waals surface area contributed by atoms with E-state index in [0.29, 0.717) is 11.1 Å². The first kappa shape index (κ1) is 28.5. The highest BCUT2D eigenvalue weighted by Gasteiger charge is 2.31. The molecule has 0 unspecified atom stereocenters. The first-order valence-corrected chi connectivity index (χ1v) is 10.8. The van der Waals surface area contributed by atoms with Crippen molar-refractivity contribution in [2.24, 2.45) is 5.92 Å². The van der Waals surface area contributed by atoms with Gasteiger partial charge < -0.3 is 23.7 Å². The molecular weight excluding hydrogens is 484 g/mol. The molecule has 0 N–H and O–H groups in total. The molecule has 0 fully saturated rings. The number of hydrogen-bond donors (Lipinski definition) is 0. The molecule has 2 aromatic carbocycles. The average molecular weight is 510 g/mol. The Bertz CT molecular complexity index is 1170. The zero-order valence-electron chi connectivity index (χ0n) is 20.9. The molecule has 0 radical (unpaired) electrons. The molecule has 0 bridgehead atoms. The van der Waals surface area contributed by atoms with Gasteiger partial charge in [-0.25, -0.2) is 0 Å². The summed E-state index contributed by atoms with van der Waals surface area (Å²) < 4.78 is 25.1. The van der Waals surface area contributed by atoms with Crippen LogP contribution < -0.4 is 18.9 Å². The zero-order chi connectivity index (χ0) is 27.5. The van der Waals surface area contributed by atoms with Crippen LogP contribution in [0.2, 0.25) is 0 Å². The van der Waals surface area contributed by atoms with Gasteiger partial charge in [0.2, 0.25) is 0 Å². The maximum absolute atomic E-state index is 12.8. The second kappa shape index (κ2) is 13.4. The number of benzene rings is 2. The first-order chi connectivity index (χ1) is 17.6. The monoisotopic (exact) mass is 510 g/mol. The van der Waals surface area contributed by atoms with E-state index < -0.39 is 35.4 Å². The van der Waals surface area contributed by atoms with Crippen molar-refractivity contribution in [1.29, 1.82) is 0 Å². The highest BCUT2D eigenvalue weighted by Crippen LogP contribution is 2.30. The van der Waals surface area contributed by atoms with Crippen molar-refractivity contribution in [3.63, 3.8) is 0 Å². The van der Waals surface area contributed by atoms with Crippen LogP contribution in [0.4, 0.5) is 0 Å². The van der Waals surface area contributed by atoms with E-state index in [1.165, 1.54) is 64.5 Å². The lowest BCUT2D eigenvalue weighted by atomic mass is 9.97. The normalized spacial score (nSPS) is 10.9. The summed E-state index contributed by atoms with van der Waals surface area (Å²) >= 11 is 0. The summed E-state index contributed by atoms with van der Waals surface area (Å²) in [6, 6.07) is 9.13. The number of ketones is 2. The van der Waals surface area contributed by atoms with Crippen LogP contribution in [0.5, 0.6) is 23.0 Å². The van der Waals surface area contributed by atoms with Gasteiger partial charge in [0, 0.05) is 13.8 Å². The molecule has 0 aliphatic heterocycles. The van der Waals surface area contributed by atoms with Crippen molar-refractivity contribution in [3.05, 3.63) is 59.7 Å². The van der Waals surface area contributed by atoms with Crippen molar-refractivity contribution < 1.29 is 47.7 Å². The molecule has 0 aliphatic rings. The molecule has 0 aromatic heterocycles. The van der Waals surface area contributed by atoms with Crippen molar-refractivity contribution in [1.82, 2.24) is 0 Å². The molecule has 10 nitrogen and oxygen atoms in total. The molecule has 0 saturated carbocycles. The third-order valence-corrected chi connectivity index (χ3v) is 4.77. The quantitative estimate of drug-likeness (QED) is 0.192. The van der Waals surface area contributed by atoms with Crippen molar-refractivity contribution in [2.45, 2.75) is 13.8 Å². The zero-order valence-corrected chi connectivity index (χ0v) is 20.9. The Labute approximate surface area is 213 Å². The Morgan fingerprint density at radius 2 is 1.05 bits per heavy atom. The molecule has 2 aromatic rings. The van der Waals surface area contributed by atoms with Crippen molar-refractivity contribution in [2.75, 3.05) is 21.3 Å². The van der Waals surface area contributed by atoms with Crippen LogP contribution >= 0.6 is 0 Å². The number of hydrogen-bond acceptors (Lipinski definition) is 10. The summed E-state index contributed by atoms with van der Waals surface area (Å²) in [5.74, 6) is -4.48. The Hall–Kier alpha value is -4.73. The lowest BCUT2D eigenvalue weighted by Crippen LogP contribution is -2.30. The van der Waals surface area contributed by atoms with E-state index in [4.69, 9.17) is 18.9 Å². The molecule has 37 heavy (non-hydrogen) atoms. The number of allylic oxidation sites excluding steroid dienone is 2. The van der Waals surface area contributed by atoms with Gasteiger partial charge >= 0.3 is 17.9 Å². The average Bonchev–Trinajstić information content (AvgIpc) is 2.86. The van der Waals surface area contributed by atoms with Gasteiger partial charge in [0.1, 0.15) is 0 Å². The molecular formula is C27H26O10. The minimum Gasteiger partial charge on any atom is -0.493 e. The highest BCUT2D eigenvalue weighted by molar-refractivity contribution is 6.24. The second-order valence-corrected chi connectivity index (χ2v) is 7.44. The second-order valence-electron chi connectivity index (χ2n) is 7.44. The van der Waals surface area contributed by atoms with Gasteiger partial charge in [0.15, 0.2) is 40.5 Å². The SMILES string of the molecule is COC(=O)C(C(=O)/C=C/c1ccc(OC(C)=O)c(OC)c1)C(=O)/C=C/c1ccc(OC(C)=O)c(OC)c1. The van der Waals surface area contributed by atoms with Gasteiger partial charge in [-0.05, 0) is 47.5 Å². The van der Waals surface area contributed by atoms with Gasteiger partial charge in [0.25, 0.3) is 0 Å². The third-order valence-electron chi connectivity index (χ3n) is 4.77. The number of rotatable bonds is 11. The van der Waals surface area contributed by atoms with Crippen LogP contribution in [0.1, 0.15) is 25.0 Å². The van der Waals surface area contributed by atoms with Gasteiger partial charge in [0.05, 0.1) is 21.3 Å². The largest absolute Gasteiger partial charge is 0.493 e. The van der Waals surface area contributed by atoms with E-state index in [1.54, 1.807) is 12.1 Å². The third kappa shape index (κ3) is 8.17. The van der Waals surface area contributed by atoms with Gasteiger partial charge in [-0.3, -0.25) is 24.0 Å². The Kier molecular flexibility index (Phi) is 10.3. The van der Waals surface area contributed by atoms with Gasteiger partial charge in [-0.15, -0.1) is 0 Å². The van der Waals surface area contributed by atoms with Crippen molar-refractivity contribution in [3.8, 4) is 23.0 Å². The standard InChI is InChI=1S/C27H26O10/c1-16(28)36-22-12-8-18(14-24(22)33-3)6-10-20(30)26(27(32)35-5)21(31)11-7-19-9-13-23(37-17(2)29)25(15-19)34-4/h6-15,26H,1-5H3/b10-6+,11-7+. The number of methoxy groups -OCH3 is 3. The van der Waals surface area contributed by atoms with Crippen LogP contribution in [0.25, 0.3) is 12.2 Å². The molecule has 10 heteroatoms. The van der Waals surface area contributed by atoms with E-state index in [-0.39, 0.29) is 23.0 Å². The fourth-order valence-electron chi connectivity index (χ4n) is 3.09. The lowest BCUT2D eigenvalue weighted by Gasteiger charge is -2.10. The van der Waals surface area contributed by atoms with Crippen LogP contribution in [-0.2, 0) is 28.7 Å². The van der Waals surface area contributed by atoms with E-state index >= 15 is 0 Å². The molecule has 0 saturated heterocycles. The topological polar surface area (TPSA) is 132 Å². The van der Waals surface area contributed by atoms with Crippen LogP contribution in [-0.4, -0.2) is 50.8 Å². The summed E-state index contributed by atoms with van der Waals surface area (Å²) in [4.78, 5) is 60.2. The minimum atomic E-state index is -1.72. The predicted molar refractivity (Wildman–Crippen MR) is 132 cm³/mol. The molecule has 0 amide bonds. The van der Waals surface area contributed by atoms with E-state index in [1.807, 2.05) is 0 Å². The smallest absolute Gasteiger partial charge is 0.324 e. The molecule has 2 rings (SSSR count). The summed E-state index contributed by atoms with van der Waals surface area (Å²) in [7, 11) is 3.85. The van der Waals surface area contributed by atoms with Crippen LogP contribution in [0.15, 0.2) is 48.6 Å². The van der Waals surface area contributed by atoms with Crippen LogP contribution in [0.3, 0.4) is 0 Å². The van der Waals surface area contributed by atoms with E-state index in [0.717, 1.165) is 19.3 Å². The fraction of sp³-hybridized carbons (Fsp3) is 0.222. The van der Waals surface area contributed by atoms with E-state index in [2.05, 4.69) is 4.74 Å². The first-order valence-electron chi connectivity index (χ1n) is 10.8. The fourth-order valence-corrected chi connectivity index (χ4v) is 3.09. The van der Waals surface area contributed by atoms with Gasteiger partial charge in [-0.2, -0.15) is 0 Å². The molecule has 0 aliphatic carbocycles. The molecule has 0 heterocycles. The van der Waals surface area contributed by atoms with E-state index in [9.17, 15) is 24.0 Å².